The van der Waals surface area contributed by atoms with Gasteiger partial charge in [0.1, 0.15) is 0 Å². The number of carbonyl (C=O) groups excluding carboxylic acids is 2. The van der Waals surface area contributed by atoms with E-state index in [1.54, 1.807) is 28.0 Å². The fourth-order valence-corrected chi connectivity index (χ4v) is 3.03. The van der Waals surface area contributed by atoms with Gasteiger partial charge in [0, 0.05) is 31.7 Å². The predicted molar refractivity (Wildman–Crippen MR) is 96.9 cm³/mol. The molecule has 1 aliphatic heterocycles. The van der Waals surface area contributed by atoms with Crippen molar-refractivity contribution in [2.45, 2.75) is 0 Å². The van der Waals surface area contributed by atoms with Gasteiger partial charge < -0.3 is 14.3 Å². The van der Waals surface area contributed by atoms with E-state index in [1.807, 2.05) is 36.4 Å². The van der Waals surface area contributed by atoms with E-state index < -0.39 is 0 Å². The molecule has 3 amide bonds. The first kappa shape index (κ1) is 16.1. The second-order valence-electron chi connectivity index (χ2n) is 6.10. The first-order valence-corrected chi connectivity index (χ1v) is 8.47. The van der Waals surface area contributed by atoms with Crippen molar-refractivity contribution in [1.29, 1.82) is 0 Å². The van der Waals surface area contributed by atoms with Crippen molar-refractivity contribution in [2.75, 3.05) is 31.5 Å². The number of nitrogens with one attached hydrogen (secondary N) is 1. The number of aromatic nitrogens is 1. The molecule has 4 rings (SSSR count). The maximum atomic E-state index is 12.5. The standard InChI is InChI=1S/C19H18N4O3/c24-18(14-6-2-1-3-7-14)22-10-12-23(13-11-22)19(25)20-17-15-8-4-5-9-16(15)26-21-17/h1-9H,10-13H2,(H,20,21,25). The van der Waals surface area contributed by atoms with Crippen molar-refractivity contribution in [3.05, 3.63) is 60.2 Å². The average Bonchev–Trinajstić information content (AvgIpc) is 3.11. The van der Waals surface area contributed by atoms with Crippen LogP contribution in [0.4, 0.5) is 10.6 Å². The van der Waals surface area contributed by atoms with E-state index in [2.05, 4.69) is 10.5 Å². The van der Waals surface area contributed by atoms with Crippen LogP contribution in [0.2, 0.25) is 0 Å². The number of urea groups is 1. The number of rotatable bonds is 2. The Balaban J connectivity index is 1.37. The number of carbonyl (C=O) groups is 2. The molecule has 0 atom stereocenters. The van der Waals surface area contributed by atoms with E-state index in [0.717, 1.165) is 5.39 Å². The first-order chi connectivity index (χ1) is 12.7. The van der Waals surface area contributed by atoms with Crippen LogP contribution in [0.15, 0.2) is 59.1 Å². The molecule has 1 aliphatic rings. The molecule has 1 fully saturated rings. The predicted octanol–water partition coefficient (Wildman–Crippen LogP) is 2.82. The van der Waals surface area contributed by atoms with Gasteiger partial charge in [-0.05, 0) is 24.3 Å². The molecule has 0 spiro atoms. The number of hydrogen-bond donors (Lipinski definition) is 1. The third-order valence-corrected chi connectivity index (χ3v) is 4.48. The summed E-state index contributed by atoms with van der Waals surface area (Å²) in [5, 5.41) is 7.47. The number of piperazine rings is 1. The van der Waals surface area contributed by atoms with Crippen LogP contribution >= 0.6 is 0 Å². The van der Waals surface area contributed by atoms with Crippen molar-refractivity contribution in [1.82, 2.24) is 15.0 Å². The van der Waals surface area contributed by atoms with Gasteiger partial charge in [-0.1, -0.05) is 35.5 Å². The molecule has 0 bridgehead atoms. The Morgan fingerprint density at radius 3 is 2.31 bits per heavy atom. The molecule has 132 valence electrons. The van der Waals surface area contributed by atoms with Gasteiger partial charge in [0.2, 0.25) is 0 Å². The molecular formula is C19H18N4O3. The largest absolute Gasteiger partial charge is 0.354 e. The quantitative estimate of drug-likeness (QED) is 0.771. The van der Waals surface area contributed by atoms with Crippen LogP contribution in [-0.2, 0) is 0 Å². The van der Waals surface area contributed by atoms with Crippen LogP contribution in [0.25, 0.3) is 11.0 Å². The number of fused-ring (bicyclic) bond motifs is 1. The normalized spacial score (nSPS) is 14.5. The number of hydrogen-bond acceptors (Lipinski definition) is 4. The molecule has 7 nitrogen and oxygen atoms in total. The van der Waals surface area contributed by atoms with Crippen molar-refractivity contribution < 1.29 is 14.1 Å². The number of nitrogens with zero attached hydrogens (tertiary/aromatic N) is 3. The number of benzene rings is 2. The summed E-state index contributed by atoms with van der Waals surface area (Å²) in [5.74, 6) is 0.404. The topological polar surface area (TPSA) is 78.7 Å². The minimum absolute atomic E-state index is 0.00634. The zero-order valence-corrected chi connectivity index (χ0v) is 14.1. The maximum absolute atomic E-state index is 12.5. The molecule has 0 aliphatic carbocycles. The Labute approximate surface area is 150 Å². The molecule has 2 heterocycles. The Morgan fingerprint density at radius 2 is 1.54 bits per heavy atom. The molecule has 1 aromatic heterocycles. The lowest BCUT2D eigenvalue weighted by molar-refractivity contribution is 0.0671. The third kappa shape index (κ3) is 3.11. The van der Waals surface area contributed by atoms with Crippen LogP contribution < -0.4 is 5.32 Å². The summed E-state index contributed by atoms with van der Waals surface area (Å²) in [5.41, 5.74) is 1.29. The van der Waals surface area contributed by atoms with Gasteiger partial charge in [0.15, 0.2) is 11.4 Å². The fourth-order valence-electron chi connectivity index (χ4n) is 3.03. The van der Waals surface area contributed by atoms with Crippen LogP contribution in [-0.4, -0.2) is 53.1 Å². The van der Waals surface area contributed by atoms with Gasteiger partial charge in [0.05, 0.1) is 5.39 Å². The second-order valence-corrected chi connectivity index (χ2v) is 6.10. The summed E-state index contributed by atoms with van der Waals surface area (Å²) in [7, 11) is 0. The van der Waals surface area contributed by atoms with E-state index in [9.17, 15) is 9.59 Å². The summed E-state index contributed by atoms with van der Waals surface area (Å²) in [6, 6.07) is 16.3. The Hall–Kier alpha value is -3.35. The van der Waals surface area contributed by atoms with Gasteiger partial charge in [-0.25, -0.2) is 4.79 Å². The Bertz CT molecular complexity index is 930. The van der Waals surface area contributed by atoms with Crippen molar-refractivity contribution in [3.63, 3.8) is 0 Å². The molecule has 1 N–H and O–H groups in total. The minimum atomic E-state index is -0.240. The second kappa shape index (κ2) is 6.87. The fraction of sp³-hybridized carbons (Fsp3) is 0.211. The van der Waals surface area contributed by atoms with Gasteiger partial charge in [-0.15, -0.1) is 0 Å². The summed E-state index contributed by atoms with van der Waals surface area (Å²) in [4.78, 5) is 28.4. The van der Waals surface area contributed by atoms with E-state index in [0.29, 0.717) is 43.1 Å². The Morgan fingerprint density at radius 1 is 0.885 bits per heavy atom. The number of amides is 3. The highest BCUT2D eigenvalue weighted by Crippen LogP contribution is 2.22. The number of para-hydroxylation sites is 1. The van der Waals surface area contributed by atoms with Crippen LogP contribution in [0.3, 0.4) is 0 Å². The zero-order valence-electron chi connectivity index (χ0n) is 14.1. The van der Waals surface area contributed by atoms with Crippen molar-refractivity contribution in [3.8, 4) is 0 Å². The molecule has 3 aromatic rings. The lowest BCUT2D eigenvalue weighted by Gasteiger charge is -2.34. The van der Waals surface area contributed by atoms with Gasteiger partial charge >= 0.3 is 6.03 Å². The monoisotopic (exact) mass is 350 g/mol. The summed E-state index contributed by atoms with van der Waals surface area (Å²) >= 11 is 0. The van der Waals surface area contributed by atoms with Gasteiger partial charge in [-0.2, -0.15) is 0 Å². The highest BCUT2D eigenvalue weighted by atomic mass is 16.5. The highest BCUT2D eigenvalue weighted by molar-refractivity contribution is 5.98. The lowest BCUT2D eigenvalue weighted by Crippen LogP contribution is -2.51. The van der Waals surface area contributed by atoms with Crippen molar-refractivity contribution in [2.24, 2.45) is 0 Å². The zero-order chi connectivity index (χ0) is 17.9. The highest BCUT2D eigenvalue weighted by Gasteiger charge is 2.25. The van der Waals surface area contributed by atoms with E-state index in [1.165, 1.54) is 0 Å². The molecule has 26 heavy (non-hydrogen) atoms. The van der Waals surface area contributed by atoms with E-state index in [-0.39, 0.29) is 11.9 Å². The summed E-state index contributed by atoms with van der Waals surface area (Å²) in [6.45, 7) is 1.95. The van der Waals surface area contributed by atoms with Crippen LogP contribution in [0.1, 0.15) is 10.4 Å². The molecule has 7 heteroatoms. The maximum Gasteiger partial charge on any atom is 0.323 e. The smallest absolute Gasteiger partial charge is 0.323 e. The molecule has 0 radical (unpaired) electrons. The van der Waals surface area contributed by atoms with Gasteiger partial charge in [-0.3, -0.25) is 10.1 Å². The minimum Gasteiger partial charge on any atom is -0.354 e. The van der Waals surface area contributed by atoms with Gasteiger partial charge in [0.25, 0.3) is 5.91 Å². The molecular weight excluding hydrogens is 332 g/mol. The molecule has 2 aromatic carbocycles. The average molecular weight is 350 g/mol. The van der Waals surface area contributed by atoms with Crippen molar-refractivity contribution >= 4 is 28.7 Å². The lowest BCUT2D eigenvalue weighted by atomic mass is 10.2. The first-order valence-electron chi connectivity index (χ1n) is 8.47. The number of anilines is 1. The summed E-state index contributed by atoms with van der Waals surface area (Å²) in [6.07, 6.45) is 0. The SMILES string of the molecule is O=C(Nc1noc2ccccc12)N1CCN(C(=O)c2ccccc2)CC1. The molecule has 0 unspecified atom stereocenters. The summed E-state index contributed by atoms with van der Waals surface area (Å²) < 4.78 is 5.20. The van der Waals surface area contributed by atoms with Crippen LogP contribution in [0, 0.1) is 0 Å². The van der Waals surface area contributed by atoms with E-state index >= 15 is 0 Å². The molecule has 0 saturated carbocycles. The third-order valence-electron chi connectivity index (χ3n) is 4.48. The molecule has 1 saturated heterocycles. The van der Waals surface area contributed by atoms with E-state index in [4.69, 9.17) is 4.52 Å². The Kier molecular flexibility index (Phi) is 4.27. The van der Waals surface area contributed by atoms with Crippen LogP contribution in [0.5, 0.6) is 0 Å².